The molecule has 4 unspecified atom stereocenters. The van der Waals surface area contributed by atoms with Crippen molar-refractivity contribution in [1.82, 2.24) is 16.0 Å². The molecule has 0 heterocycles. The Morgan fingerprint density at radius 2 is 1.37 bits per heavy atom. The molecule has 4 atom stereocenters. The standard InChI is InChI=1S/C22H32N4O9/c1-11(2)18(23)21(33)24-14(7-8-17(29)30)19(31)26-16(10-27)20(32)25-15(22(34)35)9-12-3-5-13(28)6-4-12/h3-6,11,14-16,18,27-28H,7-10,23H2,1-2H3,(H,24,33)(H,25,32)(H,26,31)(H,29,30)(H,34,35). The predicted molar refractivity (Wildman–Crippen MR) is 122 cm³/mol. The molecule has 0 aliphatic heterocycles. The van der Waals surface area contributed by atoms with Crippen molar-refractivity contribution in [1.29, 1.82) is 0 Å². The summed E-state index contributed by atoms with van der Waals surface area (Å²) < 4.78 is 0. The molecule has 0 saturated heterocycles. The SMILES string of the molecule is CC(C)C(N)C(=O)NC(CCC(=O)O)C(=O)NC(CO)C(=O)NC(Cc1ccc(O)cc1)C(=O)O. The molecule has 0 aliphatic carbocycles. The molecule has 0 spiro atoms. The topological polar surface area (TPSA) is 228 Å². The Morgan fingerprint density at radius 1 is 0.857 bits per heavy atom. The first-order chi connectivity index (χ1) is 16.3. The number of aliphatic hydroxyl groups excluding tert-OH is 1. The second kappa shape index (κ2) is 13.9. The van der Waals surface area contributed by atoms with Crippen LogP contribution < -0.4 is 21.7 Å². The lowest BCUT2D eigenvalue weighted by atomic mass is 10.0. The molecular formula is C22H32N4O9. The molecule has 1 rings (SSSR count). The summed E-state index contributed by atoms with van der Waals surface area (Å²) >= 11 is 0. The monoisotopic (exact) mass is 496 g/mol. The first-order valence-corrected chi connectivity index (χ1v) is 10.9. The molecule has 1 aromatic rings. The predicted octanol–water partition coefficient (Wildman–Crippen LogP) is -1.69. The van der Waals surface area contributed by atoms with E-state index in [1.807, 2.05) is 0 Å². The van der Waals surface area contributed by atoms with Crippen molar-refractivity contribution in [2.45, 2.75) is 57.3 Å². The molecule has 194 valence electrons. The van der Waals surface area contributed by atoms with Crippen LogP contribution in [0.2, 0.25) is 0 Å². The molecule has 0 saturated carbocycles. The van der Waals surface area contributed by atoms with Crippen LogP contribution in [-0.2, 0) is 30.4 Å². The van der Waals surface area contributed by atoms with Crippen LogP contribution in [0.5, 0.6) is 5.75 Å². The van der Waals surface area contributed by atoms with Crippen LogP contribution in [0.1, 0.15) is 32.3 Å². The number of carboxylic acid groups (broad SMARTS) is 2. The second-order valence-electron chi connectivity index (χ2n) is 8.28. The van der Waals surface area contributed by atoms with Crippen molar-refractivity contribution in [2.75, 3.05) is 6.61 Å². The highest BCUT2D eigenvalue weighted by atomic mass is 16.4. The molecule has 13 heteroatoms. The van der Waals surface area contributed by atoms with Crippen molar-refractivity contribution in [3.8, 4) is 5.75 Å². The lowest BCUT2D eigenvalue weighted by Gasteiger charge is -2.24. The van der Waals surface area contributed by atoms with Crippen LogP contribution in [0.25, 0.3) is 0 Å². The van der Waals surface area contributed by atoms with Crippen molar-refractivity contribution in [2.24, 2.45) is 11.7 Å². The van der Waals surface area contributed by atoms with E-state index in [9.17, 15) is 39.3 Å². The molecular weight excluding hydrogens is 464 g/mol. The lowest BCUT2D eigenvalue weighted by Crippen LogP contribution is -2.58. The third kappa shape index (κ3) is 9.98. The molecule has 0 radical (unpaired) electrons. The van der Waals surface area contributed by atoms with Gasteiger partial charge in [0.25, 0.3) is 0 Å². The molecule has 13 nitrogen and oxygen atoms in total. The van der Waals surface area contributed by atoms with Crippen LogP contribution in [0, 0.1) is 5.92 Å². The summed E-state index contributed by atoms with van der Waals surface area (Å²) in [5, 5.41) is 44.1. The highest BCUT2D eigenvalue weighted by Crippen LogP contribution is 2.11. The fraction of sp³-hybridized carbons (Fsp3) is 0.500. The molecule has 0 fully saturated rings. The summed E-state index contributed by atoms with van der Waals surface area (Å²) in [6.45, 7) is 2.47. The van der Waals surface area contributed by atoms with Gasteiger partial charge in [-0.1, -0.05) is 26.0 Å². The van der Waals surface area contributed by atoms with Crippen LogP contribution in [0.15, 0.2) is 24.3 Å². The summed E-state index contributed by atoms with van der Waals surface area (Å²) in [6, 6.07) is 0.325. The zero-order chi connectivity index (χ0) is 26.7. The van der Waals surface area contributed by atoms with Crippen molar-refractivity contribution < 1.29 is 44.4 Å². The largest absolute Gasteiger partial charge is 0.508 e. The van der Waals surface area contributed by atoms with E-state index in [0.29, 0.717) is 5.56 Å². The minimum atomic E-state index is -1.58. The van der Waals surface area contributed by atoms with Gasteiger partial charge in [-0.25, -0.2) is 4.79 Å². The Balaban J connectivity index is 2.91. The number of aromatic hydroxyl groups is 1. The van der Waals surface area contributed by atoms with Gasteiger partial charge in [0.1, 0.15) is 23.9 Å². The Hall–Kier alpha value is -3.71. The van der Waals surface area contributed by atoms with Crippen LogP contribution in [0.4, 0.5) is 0 Å². The summed E-state index contributed by atoms with van der Waals surface area (Å²) in [6.07, 6.45) is -0.924. The van der Waals surface area contributed by atoms with E-state index in [1.165, 1.54) is 24.3 Å². The number of carbonyl (C=O) groups excluding carboxylic acids is 3. The van der Waals surface area contributed by atoms with Gasteiger partial charge in [0.05, 0.1) is 12.6 Å². The van der Waals surface area contributed by atoms with Gasteiger partial charge in [0.15, 0.2) is 0 Å². The summed E-state index contributed by atoms with van der Waals surface area (Å²) in [4.78, 5) is 60.1. The van der Waals surface area contributed by atoms with Crippen molar-refractivity contribution >= 4 is 29.7 Å². The van der Waals surface area contributed by atoms with Gasteiger partial charge in [0, 0.05) is 12.8 Å². The smallest absolute Gasteiger partial charge is 0.326 e. The average molecular weight is 497 g/mol. The van der Waals surface area contributed by atoms with Crippen molar-refractivity contribution in [3.05, 3.63) is 29.8 Å². The molecule has 0 aromatic heterocycles. The number of nitrogens with one attached hydrogen (secondary N) is 3. The lowest BCUT2D eigenvalue weighted by molar-refractivity contribution is -0.142. The Bertz CT molecular complexity index is 905. The summed E-state index contributed by atoms with van der Waals surface area (Å²) in [7, 11) is 0. The van der Waals surface area contributed by atoms with Crippen LogP contribution in [0.3, 0.4) is 0 Å². The maximum absolute atomic E-state index is 12.7. The third-order valence-corrected chi connectivity index (χ3v) is 5.11. The van der Waals surface area contributed by atoms with Gasteiger partial charge in [-0.15, -0.1) is 0 Å². The number of hydrogen-bond acceptors (Lipinski definition) is 8. The number of carboxylic acids is 2. The molecule has 3 amide bonds. The fourth-order valence-electron chi connectivity index (χ4n) is 2.91. The molecule has 9 N–H and O–H groups in total. The van der Waals surface area contributed by atoms with Gasteiger partial charge in [-0.05, 0) is 30.0 Å². The minimum Gasteiger partial charge on any atom is -0.508 e. The number of rotatable bonds is 14. The van der Waals surface area contributed by atoms with Gasteiger partial charge in [-0.3, -0.25) is 19.2 Å². The number of aliphatic hydroxyl groups is 1. The quantitative estimate of drug-likeness (QED) is 0.146. The van der Waals surface area contributed by atoms with Crippen molar-refractivity contribution in [3.63, 3.8) is 0 Å². The molecule has 35 heavy (non-hydrogen) atoms. The summed E-state index contributed by atoms with van der Waals surface area (Å²) in [5.41, 5.74) is 6.26. The number of carbonyl (C=O) groups is 5. The Labute approximate surface area is 201 Å². The first-order valence-electron chi connectivity index (χ1n) is 10.9. The second-order valence-corrected chi connectivity index (χ2v) is 8.28. The molecule has 0 aliphatic rings. The van der Waals surface area contributed by atoms with Crippen LogP contribution in [-0.4, -0.2) is 80.9 Å². The zero-order valence-corrected chi connectivity index (χ0v) is 19.4. The third-order valence-electron chi connectivity index (χ3n) is 5.11. The number of aliphatic carboxylic acids is 2. The Morgan fingerprint density at radius 3 is 1.86 bits per heavy atom. The van der Waals surface area contributed by atoms with E-state index in [1.54, 1.807) is 13.8 Å². The average Bonchev–Trinajstić information content (AvgIpc) is 2.79. The zero-order valence-electron chi connectivity index (χ0n) is 19.4. The Kier molecular flexibility index (Phi) is 11.6. The number of hydrogen-bond donors (Lipinski definition) is 8. The van der Waals surface area contributed by atoms with E-state index >= 15 is 0 Å². The molecule has 1 aromatic carbocycles. The van der Waals surface area contributed by atoms with Crippen LogP contribution >= 0.6 is 0 Å². The van der Waals surface area contributed by atoms with Gasteiger partial charge in [-0.2, -0.15) is 0 Å². The number of benzene rings is 1. The fourth-order valence-corrected chi connectivity index (χ4v) is 2.91. The normalized spacial score (nSPS) is 14.3. The summed E-state index contributed by atoms with van der Waals surface area (Å²) in [5.74, 6) is -5.54. The number of phenolic OH excluding ortho intramolecular Hbond substituents is 1. The van der Waals surface area contributed by atoms with Gasteiger partial charge in [0.2, 0.25) is 17.7 Å². The van der Waals surface area contributed by atoms with E-state index in [2.05, 4.69) is 16.0 Å². The maximum Gasteiger partial charge on any atom is 0.326 e. The number of nitrogens with two attached hydrogens (primary N) is 1. The van der Waals surface area contributed by atoms with Gasteiger partial charge < -0.3 is 42.1 Å². The van der Waals surface area contributed by atoms with Gasteiger partial charge >= 0.3 is 11.9 Å². The number of amides is 3. The van der Waals surface area contributed by atoms with E-state index in [4.69, 9.17) is 10.8 Å². The maximum atomic E-state index is 12.7. The highest BCUT2D eigenvalue weighted by molar-refractivity contribution is 5.94. The minimum absolute atomic E-state index is 0.0217. The van der Waals surface area contributed by atoms with E-state index in [0.717, 1.165) is 0 Å². The first kappa shape index (κ1) is 29.3. The van der Waals surface area contributed by atoms with E-state index < -0.39 is 66.9 Å². The number of phenols is 1. The van der Waals surface area contributed by atoms with E-state index in [-0.39, 0.29) is 24.5 Å². The molecule has 0 bridgehead atoms. The highest BCUT2D eigenvalue weighted by Gasteiger charge is 2.30.